The van der Waals surface area contributed by atoms with Crippen LogP contribution in [0, 0.1) is 0 Å². The van der Waals surface area contributed by atoms with Gasteiger partial charge in [-0.1, -0.05) is 0 Å². The number of halogens is 1. The maximum absolute atomic E-state index is 5.31. The van der Waals surface area contributed by atoms with E-state index < -0.39 is 22.0 Å². The fraction of sp³-hybridized carbons (Fsp3) is 0.143. The molecule has 0 saturated heterocycles. The van der Waals surface area contributed by atoms with Gasteiger partial charge in [0.15, 0.2) is 0 Å². The maximum atomic E-state index is 5.31. The summed E-state index contributed by atoms with van der Waals surface area (Å²) in [4.78, 5) is 0. The molecule has 54 valence electrons. The molecule has 0 radical (unpaired) electrons. The molecule has 0 amide bonds. The molecular weight excluding hydrogens is 243 g/mol. The standard InChI is InChI=1S/C7H6IO2/c1-2-4-7-6(3-1)5-9-8-10-7/h1-4H,5H2/q-1. The van der Waals surface area contributed by atoms with E-state index in [1.807, 2.05) is 24.3 Å². The third-order valence-corrected chi connectivity index (χ3v) is 2.56. The summed E-state index contributed by atoms with van der Waals surface area (Å²) in [6, 6.07) is 7.99. The van der Waals surface area contributed by atoms with Crippen molar-refractivity contribution in [3.8, 4) is 5.75 Å². The molecule has 0 saturated carbocycles. The molecule has 10 heavy (non-hydrogen) atoms. The third kappa shape index (κ3) is 1.11. The summed E-state index contributed by atoms with van der Waals surface area (Å²) in [5.41, 5.74) is 1.16. The molecule has 0 spiro atoms. The zero-order valence-corrected chi connectivity index (χ0v) is 7.37. The predicted molar refractivity (Wildman–Crippen MR) is 31.9 cm³/mol. The number of fused-ring (bicyclic) bond motifs is 1. The summed E-state index contributed by atoms with van der Waals surface area (Å²) in [7, 11) is 0. The van der Waals surface area contributed by atoms with Crippen LogP contribution in [0.1, 0.15) is 5.56 Å². The van der Waals surface area contributed by atoms with Crippen molar-refractivity contribution < 1.29 is 28.2 Å². The van der Waals surface area contributed by atoms with Crippen LogP contribution in [0.15, 0.2) is 24.3 Å². The summed E-state index contributed by atoms with van der Waals surface area (Å²) in [5, 5.41) is 0. The van der Waals surface area contributed by atoms with E-state index in [-0.39, 0.29) is 0 Å². The second-order valence-corrected chi connectivity index (χ2v) is 3.42. The van der Waals surface area contributed by atoms with Gasteiger partial charge in [0.05, 0.1) is 0 Å². The van der Waals surface area contributed by atoms with E-state index >= 15 is 0 Å². The second-order valence-electron chi connectivity index (χ2n) is 2.00. The molecule has 0 aromatic heterocycles. The van der Waals surface area contributed by atoms with Crippen molar-refractivity contribution in [3.63, 3.8) is 0 Å². The normalized spacial score (nSPS) is 16.4. The van der Waals surface area contributed by atoms with Crippen molar-refractivity contribution in [3.05, 3.63) is 29.8 Å². The number of para-hydroxylation sites is 1. The Kier molecular flexibility index (Phi) is 1.77. The summed E-state index contributed by atoms with van der Waals surface area (Å²) >= 11 is -0.474. The van der Waals surface area contributed by atoms with Gasteiger partial charge in [-0.25, -0.2) is 0 Å². The van der Waals surface area contributed by atoms with Crippen LogP contribution in [0.3, 0.4) is 0 Å². The molecule has 1 aliphatic rings. The molecular formula is C7H6IO2-. The van der Waals surface area contributed by atoms with E-state index in [0.29, 0.717) is 0 Å². The van der Waals surface area contributed by atoms with Gasteiger partial charge in [0.1, 0.15) is 0 Å². The SMILES string of the molecule is c1ccc2c(c1)CO[I-]O2. The first-order chi connectivity index (χ1) is 4.97. The number of hydrogen-bond donors (Lipinski definition) is 0. The Balaban J connectivity index is 2.41. The molecule has 2 nitrogen and oxygen atoms in total. The first kappa shape index (κ1) is 6.42. The van der Waals surface area contributed by atoms with Crippen LogP contribution >= 0.6 is 0 Å². The molecule has 1 aliphatic heterocycles. The van der Waals surface area contributed by atoms with Gasteiger partial charge in [-0.2, -0.15) is 0 Å². The molecule has 0 unspecified atom stereocenters. The molecule has 2 rings (SSSR count). The third-order valence-electron chi connectivity index (χ3n) is 1.34. The number of rotatable bonds is 0. The number of benzene rings is 1. The van der Waals surface area contributed by atoms with Crippen molar-refractivity contribution in [2.45, 2.75) is 6.61 Å². The van der Waals surface area contributed by atoms with Crippen LogP contribution in [0.25, 0.3) is 0 Å². The van der Waals surface area contributed by atoms with E-state index in [0.717, 1.165) is 17.9 Å². The molecule has 0 fully saturated rings. The van der Waals surface area contributed by atoms with Crippen LogP contribution in [0.5, 0.6) is 5.75 Å². The van der Waals surface area contributed by atoms with Gasteiger partial charge in [0.2, 0.25) is 0 Å². The van der Waals surface area contributed by atoms with Gasteiger partial charge in [0.25, 0.3) is 0 Å². The van der Waals surface area contributed by atoms with Crippen LogP contribution in [-0.2, 0) is 9.67 Å². The van der Waals surface area contributed by atoms with Crippen molar-refractivity contribution in [2.75, 3.05) is 0 Å². The van der Waals surface area contributed by atoms with Gasteiger partial charge >= 0.3 is 70.4 Å². The summed E-state index contributed by atoms with van der Waals surface area (Å²) in [6.45, 7) is 0.726. The zero-order chi connectivity index (χ0) is 6.81. The average Bonchev–Trinajstić information content (AvgIpc) is 2.05. The molecule has 1 aromatic rings. The van der Waals surface area contributed by atoms with E-state index in [9.17, 15) is 0 Å². The van der Waals surface area contributed by atoms with Crippen molar-refractivity contribution in [1.82, 2.24) is 0 Å². The Hall–Kier alpha value is -0.290. The molecule has 1 heterocycles. The van der Waals surface area contributed by atoms with Crippen LogP contribution in [-0.4, -0.2) is 0 Å². The van der Waals surface area contributed by atoms with Crippen LogP contribution in [0.4, 0.5) is 0 Å². The zero-order valence-electron chi connectivity index (χ0n) is 5.21. The minimum atomic E-state index is -0.474. The molecule has 3 heteroatoms. The quantitative estimate of drug-likeness (QED) is 0.522. The van der Waals surface area contributed by atoms with Gasteiger partial charge in [-0.3, -0.25) is 0 Å². The molecule has 0 aliphatic carbocycles. The summed E-state index contributed by atoms with van der Waals surface area (Å²) in [5.74, 6) is 1.00. The van der Waals surface area contributed by atoms with Gasteiger partial charge in [-0.15, -0.1) is 0 Å². The van der Waals surface area contributed by atoms with E-state index in [1.165, 1.54) is 0 Å². The number of hydrogen-bond acceptors (Lipinski definition) is 2. The Morgan fingerprint density at radius 3 is 3.10 bits per heavy atom. The average molecular weight is 249 g/mol. The predicted octanol–water partition coefficient (Wildman–Crippen LogP) is -1.49. The molecule has 1 aromatic carbocycles. The first-order valence-corrected chi connectivity index (χ1v) is 4.74. The van der Waals surface area contributed by atoms with E-state index in [4.69, 9.17) is 6.13 Å². The summed E-state index contributed by atoms with van der Waals surface area (Å²) < 4.78 is 10.5. The first-order valence-electron chi connectivity index (χ1n) is 2.98. The molecule has 0 N–H and O–H groups in total. The topological polar surface area (TPSA) is 18.5 Å². The fourth-order valence-electron chi connectivity index (χ4n) is 0.836. The van der Waals surface area contributed by atoms with E-state index in [1.54, 1.807) is 0 Å². The van der Waals surface area contributed by atoms with Crippen molar-refractivity contribution in [1.29, 1.82) is 0 Å². The Morgan fingerprint density at radius 2 is 2.20 bits per heavy atom. The van der Waals surface area contributed by atoms with Gasteiger partial charge in [0, 0.05) is 0 Å². The van der Waals surface area contributed by atoms with Gasteiger partial charge < -0.3 is 0 Å². The molecule has 0 bridgehead atoms. The van der Waals surface area contributed by atoms with Crippen molar-refractivity contribution >= 4 is 0 Å². The Morgan fingerprint density at radius 1 is 1.30 bits per heavy atom. The fourth-order valence-corrected chi connectivity index (χ4v) is 2.05. The summed E-state index contributed by atoms with van der Waals surface area (Å²) in [6.07, 6.45) is 0. The monoisotopic (exact) mass is 249 g/mol. The van der Waals surface area contributed by atoms with Crippen LogP contribution in [0.2, 0.25) is 0 Å². The van der Waals surface area contributed by atoms with Crippen molar-refractivity contribution in [2.24, 2.45) is 0 Å². The van der Waals surface area contributed by atoms with Crippen LogP contribution < -0.4 is 25.1 Å². The Bertz CT molecular complexity index is 212. The van der Waals surface area contributed by atoms with Gasteiger partial charge in [-0.05, 0) is 0 Å². The second kappa shape index (κ2) is 2.75. The van der Waals surface area contributed by atoms with E-state index in [2.05, 4.69) is 0 Å². The minimum absolute atomic E-state index is 0.474. The Labute approximate surface area is 70.5 Å². The molecule has 0 atom stereocenters.